The van der Waals surface area contributed by atoms with E-state index in [0.29, 0.717) is 20.8 Å². The van der Waals surface area contributed by atoms with Gasteiger partial charge in [0.05, 0.1) is 0 Å². The van der Waals surface area contributed by atoms with Crippen LogP contribution < -0.4 is 15.5 Å². The van der Waals surface area contributed by atoms with Crippen molar-refractivity contribution in [2.75, 3.05) is 11.6 Å². The second-order valence-electron chi connectivity index (χ2n) is 5.29. The summed E-state index contributed by atoms with van der Waals surface area (Å²) in [7, 11) is 0. The number of hydrogen-bond donors (Lipinski definition) is 3. The van der Waals surface area contributed by atoms with Crippen molar-refractivity contribution >= 4 is 58.4 Å². The maximum Gasteiger partial charge on any atom is 0.395 e. The maximum atomic E-state index is 11.9. The summed E-state index contributed by atoms with van der Waals surface area (Å²) >= 11 is 13.3. The Kier molecular flexibility index (Phi) is 5.40. The minimum Gasteiger partial charge on any atom is -0.477 e. The molecule has 27 heavy (non-hydrogen) atoms. The predicted octanol–water partition coefficient (Wildman–Crippen LogP) is 2.28. The maximum absolute atomic E-state index is 11.9. The molecule has 0 fully saturated rings. The quantitative estimate of drug-likeness (QED) is 0.323. The number of carboxylic acids is 1. The highest BCUT2D eigenvalue weighted by Crippen LogP contribution is 2.24. The normalized spacial score (nSPS) is 10.9. The largest absolute Gasteiger partial charge is 0.477 e. The van der Waals surface area contributed by atoms with E-state index in [1.165, 1.54) is 22.5 Å². The molecule has 0 spiro atoms. The number of primary amides is 1. The average molecular weight is 428 g/mol. The van der Waals surface area contributed by atoms with Crippen molar-refractivity contribution in [2.45, 2.75) is 11.7 Å². The molecule has 12 heteroatoms. The van der Waals surface area contributed by atoms with E-state index in [9.17, 15) is 14.7 Å². The number of carboxylic acid groups (broad SMARTS) is 1. The molecule has 0 atom stereocenters. The second kappa shape index (κ2) is 7.59. The molecule has 4 N–H and O–H groups in total. The molecule has 3 aromatic rings. The summed E-state index contributed by atoms with van der Waals surface area (Å²) in [6.07, 6.45) is 3.04. The van der Waals surface area contributed by atoms with Gasteiger partial charge >= 0.3 is 12.0 Å². The zero-order chi connectivity index (χ0) is 19.7. The number of nitrogens with one attached hydrogen (secondary N) is 1. The highest BCUT2D eigenvalue weighted by molar-refractivity contribution is 7.98. The number of anilines is 1. The number of carbonyl (C=O) groups is 2. The molecule has 0 saturated carbocycles. The summed E-state index contributed by atoms with van der Waals surface area (Å²) in [6.45, 7) is 0.192. The van der Waals surface area contributed by atoms with Crippen LogP contribution in [-0.4, -0.2) is 38.1 Å². The fourth-order valence-electron chi connectivity index (χ4n) is 2.47. The van der Waals surface area contributed by atoms with Crippen LogP contribution in [0.1, 0.15) is 15.9 Å². The van der Waals surface area contributed by atoms with Crippen LogP contribution in [0, 0.1) is 0 Å². The molecular formula is C15H13Cl2N6O3S+. The molecule has 0 aliphatic rings. The first-order chi connectivity index (χ1) is 12.8. The Bertz CT molecular complexity index is 1070. The molecule has 0 unspecified atom stereocenters. The van der Waals surface area contributed by atoms with Crippen LogP contribution in [0.3, 0.4) is 0 Å². The lowest BCUT2D eigenvalue weighted by Gasteiger charge is -2.10. The minimum absolute atomic E-state index is 0.000877. The number of aromatic nitrogens is 4. The van der Waals surface area contributed by atoms with Crippen LogP contribution in [0.5, 0.6) is 0 Å². The molecule has 0 bridgehead atoms. The van der Waals surface area contributed by atoms with Crippen molar-refractivity contribution in [1.29, 1.82) is 0 Å². The SMILES string of the molecule is CSc1nc(NCc2ccc(Cl)cc2Cl)c(C(=O)O)c2n(C(N)=O)nc[n+]12. The molecule has 0 aliphatic heterocycles. The van der Waals surface area contributed by atoms with Gasteiger partial charge in [-0.3, -0.25) is 0 Å². The molecule has 9 nitrogen and oxygen atoms in total. The molecule has 1 amide bonds. The number of nitrogens with two attached hydrogens (primary N) is 1. The van der Waals surface area contributed by atoms with Crippen LogP contribution in [0.15, 0.2) is 29.7 Å². The lowest BCUT2D eigenvalue weighted by Crippen LogP contribution is -2.31. The molecule has 0 saturated heterocycles. The second-order valence-corrected chi connectivity index (χ2v) is 6.91. The van der Waals surface area contributed by atoms with Crippen molar-refractivity contribution in [3.63, 3.8) is 0 Å². The van der Waals surface area contributed by atoms with Gasteiger partial charge in [0.25, 0.3) is 10.8 Å². The number of aromatic carboxylic acids is 1. The summed E-state index contributed by atoms with van der Waals surface area (Å²) in [4.78, 5) is 27.9. The van der Waals surface area contributed by atoms with E-state index in [1.807, 2.05) is 0 Å². The predicted molar refractivity (Wildman–Crippen MR) is 101 cm³/mol. The third-order valence-corrected chi connectivity index (χ3v) is 4.89. The molecule has 2 aromatic heterocycles. The Morgan fingerprint density at radius 2 is 2.15 bits per heavy atom. The van der Waals surface area contributed by atoms with E-state index >= 15 is 0 Å². The number of benzene rings is 1. The Balaban J connectivity index is 2.13. The lowest BCUT2D eigenvalue weighted by atomic mass is 10.2. The smallest absolute Gasteiger partial charge is 0.395 e. The van der Waals surface area contributed by atoms with Gasteiger partial charge in [0.2, 0.25) is 12.1 Å². The molecule has 1 aromatic carbocycles. The summed E-state index contributed by atoms with van der Waals surface area (Å²) < 4.78 is 2.20. The van der Waals surface area contributed by atoms with Crippen LogP contribution >= 0.6 is 35.0 Å². The summed E-state index contributed by atoms with van der Waals surface area (Å²) in [6, 6.07) is 4.06. The zero-order valence-corrected chi connectivity index (χ0v) is 16.1. The summed E-state index contributed by atoms with van der Waals surface area (Å²) in [5, 5.41) is 17.8. The Morgan fingerprint density at radius 3 is 2.74 bits per heavy atom. The molecule has 140 valence electrons. The number of nitrogens with zero attached hydrogens (tertiary/aromatic N) is 4. The van der Waals surface area contributed by atoms with Crippen molar-refractivity contribution in [3.8, 4) is 0 Å². The number of carbonyl (C=O) groups excluding carboxylic acids is 1. The number of thioether (sulfide) groups is 1. The number of fused-ring (bicyclic) bond motifs is 1. The van der Waals surface area contributed by atoms with E-state index in [-0.39, 0.29) is 23.6 Å². The van der Waals surface area contributed by atoms with Gasteiger partial charge in [0.15, 0.2) is 5.56 Å². The fourth-order valence-corrected chi connectivity index (χ4v) is 3.45. The van der Waals surface area contributed by atoms with E-state index in [0.717, 1.165) is 4.68 Å². The van der Waals surface area contributed by atoms with Crippen LogP contribution in [0.2, 0.25) is 10.0 Å². The molecule has 0 aliphatic carbocycles. The first-order valence-corrected chi connectivity index (χ1v) is 9.39. The van der Waals surface area contributed by atoms with Crippen molar-refractivity contribution in [1.82, 2.24) is 14.8 Å². The highest BCUT2D eigenvalue weighted by Gasteiger charge is 2.30. The van der Waals surface area contributed by atoms with Gasteiger partial charge in [-0.2, -0.15) is 4.40 Å². The average Bonchev–Trinajstić information content (AvgIpc) is 3.04. The Morgan fingerprint density at radius 1 is 1.41 bits per heavy atom. The number of hydrogen-bond acceptors (Lipinski definition) is 6. The zero-order valence-electron chi connectivity index (χ0n) is 13.8. The molecular weight excluding hydrogens is 415 g/mol. The molecule has 2 heterocycles. The van der Waals surface area contributed by atoms with Gasteiger partial charge in [-0.05, 0) is 29.1 Å². The summed E-state index contributed by atoms with van der Waals surface area (Å²) in [5.74, 6) is -1.23. The third-order valence-electron chi connectivity index (χ3n) is 3.65. The van der Waals surface area contributed by atoms with E-state index in [4.69, 9.17) is 28.9 Å². The first kappa shape index (κ1) is 19.2. The third kappa shape index (κ3) is 3.64. The van der Waals surface area contributed by atoms with Crippen molar-refractivity contribution in [3.05, 3.63) is 45.7 Å². The minimum atomic E-state index is -1.29. The number of rotatable bonds is 5. The lowest BCUT2D eigenvalue weighted by molar-refractivity contribution is -0.561. The van der Waals surface area contributed by atoms with Gasteiger partial charge in [-0.25, -0.2) is 9.59 Å². The summed E-state index contributed by atoms with van der Waals surface area (Å²) in [5.41, 5.74) is 5.76. The first-order valence-electron chi connectivity index (χ1n) is 7.41. The van der Waals surface area contributed by atoms with E-state index in [2.05, 4.69) is 15.4 Å². The Hall–Kier alpha value is -2.56. The van der Waals surface area contributed by atoms with Crippen molar-refractivity contribution < 1.29 is 19.1 Å². The monoisotopic (exact) mass is 427 g/mol. The topological polar surface area (TPSA) is 127 Å². The highest BCUT2D eigenvalue weighted by atomic mass is 35.5. The van der Waals surface area contributed by atoms with Gasteiger partial charge in [0.1, 0.15) is 0 Å². The van der Waals surface area contributed by atoms with Crippen LogP contribution in [-0.2, 0) is 6.54 Å². The number of amides is 1. The number of halogens is 2. The van der Waals surface area contributed by atoms with Gasteiger partial charge < -0.3 is 16.2 Å². The van der Waals surface area contributed by atoms with Crippen LogP contribution in [0.25, 0.3) is 5.65 Å². The van der Waals surface area contributed by atoms with E-state index < -0.39 is 12.0 Å². The van der Waals surface area contributed by atoms with Crippen molar-refractivity contribution in [2.24, 2.45) is 5.73 Å². The molecule has 3 rings (SSSR count). The Labute approximate surface area is 167 Å². The van der Waals surface area contributed by atoms with Gasteiger partial charge in [-0.15, -0.1) is 4.98 Å². The van der Waals surface area contributed by atoms with Gasteiger partial charge in [-0.1, -0.05) is 45.7 Å². The van der Waals surface area contributed by atoms with E-state index in [1.54, 1.807) is 24.5 Å². The van der Waals surface area contributed by atoms with Gasteiger partial charge in [0, 0.05) is 16.6 Å². The van der Waals surface area contributed by atoms with Crippen LogP contribution in [0.4, 0.5) is 10.6 Å². The fraction of sp³-hybridized carbons (Fsp3) is 0.133. The molecule has 0 radical (unpaired) electrons. The standard InChI is InChI=1S/C15H12Cl2N6O3S/c1-27-15-21-11(19-5-7-2-3-8(16)4-9(7)17)10(13(24)25)12-22(15)6-20-23(12)14(18)26/h2-4,6H,5H2,1H3,(H3,18,24,25,26)/p+1.